The van der Waals surface area contributed by atoms with Crippen molar-refractivity contribution in [3.63, 3.8) is 0 Å². The van der Waals surface area contributed by atoms with Gasteiger partial charge in [0.2, 0.25) is 0 Å². The zero-order valence-electron chi connectivity index (χ0n) is 44.1. The molecule has 0 unspecified atom stereocenters. The average Bonchev–Trinajstić information content (AvgIpc) is 3.90. The van der Waals surface area contributed by atoms with Gasteiger partial charge in [-0.05, 0) is 108 Å². The van der Waals surface area contributed by atoms with E-state index in [0.717, 1.165) is 33.4 Å². The number of fused-ring (bicyclic) bond motifs is 3. The standard InChI is InChI=1S/C56H75N5O10Si/c1-32(2)50(69-54(66)57-29-46-43-20-16-14-18-41(43)42-19-15-17-21-44(42)46)52(64)58-36(9)51(63)59-39-24-22-37(23-25-39)38-26-40(31-62)61(30-38)53(65)45-27-48(68-13)49(28-47(45)60-55(67)70-56(10,11)12)71-72(33(3)4,34(5)6)35(7)8/h14-25,27-28,30,32-36,40,46,50-51,59,62-63H,26,29,31H2,1-13H3,(H,57,66)(H,58,64)(H,60,67)/t36-,40-,50-,51-/m0/s1. The predicted octanol–water partition coefficient (Wildman–Crippen LogP) is 10.6. The van der Waals surface area contributed by atoms with Gasteiger partial charge in [0, 0.05) is 30.4 Å². The van der Waals surface area contributed by atoms with Crippen LogP contribution in [-0.2, 0) is 14.3 Å². The summed E-state index contributed by atoms with van der Waals surface area (Å²) >= 11 is 0. The molecule has 1 aliphatic carbocycles. The van der Waals surface area contributed by atoms with Crippen LogP contribution >= 0.6 is 0 Å². The van der Waals surface area contributed by atoms with E-state index in [2.05, 4.69) is 87.1 Å². The average molecular weight is 1010 g/mol. The smallest absolute Gasteiger partial charge is 0.412 e. The van der Waals surface area contributed by atoms with Crippen molar-refractivity contribution < 1.29 is 48.0 Å². The summed E-state index contributed by atoms with van der Waals surface area (Å²) in [5, 5.41) is 33.3. The number of rotatable bonds is 19. The molecular formula is C56H75N5O10Si. The second-order valence-corrected chi connectivity index (χ2v) is 26.5. The number of methoxy groups -OCH3 is 1. The Morgan fingerprint density at radius 3 is 1.90 bits per heavy atom. The van der Waals surface area contributed by atoms with E-state index in [0.29, 0.717) is 30.2 Å². The number of aliphatic hydroxyl groups excluding tert-OH is 2. The molecule has 16 heteroatoms. The number of carbonyl (C=O) groups excluding carboxylic acids is 4. The summed E-state index contributed by atoms with van der Waals surface area (Å²) in [6, 6.07) is 25.2. The second-order valence-electron chi connectivity index (χ2n) is 21.1. The molecule has 15 nitrogen and oxygen atoms in total. The topological polar surface area (TPSA) is 197 Å². The number of hydrogen-bond acceptors (Lipinski definition) is 11. The number of carbonyl (C=O) groups is 4. The summed E-state index contributed by atoms with van der Waals surface area (Å²) in [5.41, 5.74) is 6.76. The maximum absolute atomic E-state index is 14.7. The lowest BCUT2D eigenvalue weighted by molar-refractivity contribution is -0.133. The van der Waals surface area contributed by atoms with Crippen molar-refractivity contribution in [3.8, 4) is 22.6 Å². The summed E-state index contributed by atoms with van der Waals surface area (Å²) in [6.07, 6.45) is -1.78. The Bertz CT molecular complexity index is 2540. The zero-order valence-corrected chi connectivity index (χ0v) is 45.1. The molecule has 4 aromatic rings. The fourth-order valence-electron chi connectivity index (χ4n) is 10.2. The molecule has 0 saturated carbocycles. The molecule has 0 saturated heterocycles. The summed E-state index contributed by atoms with van der Waals surface area (Å²) in [7, 11) is -1.01. The third kappa shape index (κ3) is 12.3. The van der Waals surface area contributed by atoms with Crippen molar-refractivity contribution in [2.45, 2.75) is 142 Å². The first kappa shape index (κ1) is 55.0. The Balaban J connectivity index is 1.13. The first-order chi connectivity index (χ1) is 34.0. The van der Waals surface area contributed by atoms with Gasteiger partial charge in [0.25, 0.3) is 20.1 Å². The van der Waals surface area contributed by atoms with Crippen LogP contribution in [0.4, 0.5) is 21.0 Å². The fourth-order valence-corrected chi connectivity index (χ4v) is 15.4. The van der Waals surface area contributed by atoms with E-state index in [1.54, 1.807) is 72.0 Å². The second kappa shape index (κ2) is 23.0. The summed E-state index contributed by atoms with van der Waals surface area (Å²) in [5.74, 6) is -0.705. The number of aliphatic hydroxyl groups is 2. The van der Waals surface area contributed by atoms with Gasteiger partial charge in [-0.3, -0.25) is 14.9 Å². The number of nitrogens with zero attached hydrogens (tertiary/aromatic N) is 1. The molecule has 2 aliphatic rings. The summed E-state index contributed by atoms with van der Waals surface area (Å²) < 4.78 is 24.2. The van der Waals surface area contributed by atoms with Gasteiger partial charge in [-0.1, -0.05) is 116 Å². The van der Waals surface area contributed by atoms with Gasteiger partial charge >= 0.3 is 12.2 Å². The molecule has 0 aromatic heterocycles. The van der Waals surface area contributed by atoms with Gasteiger partial charge in [-0.15, -0.1) is 0 Å². The van der Waals surface area contributed by atoms with Crippen LogP contribution in [0.1, 0.15) is 122 Å². The quantitative estimate of drug-likeness (QED) is 0.0386. The molecule has 4 amide bonds. The fraction of sp³-hybridized carbons (Fsp3) is 0.464. The molecule has 4 atom stereocenters. The number of ether oxygens (including phenoxy) is 3. The zero-order chi connectivity index (χ0) is 52.8. The highest BCUT2D eigenvalue weighted by Gasteiger charge is 2.48. The van der Waals surface area contributed by atoms with Crippen molar-refractivity contribution in [2.24, 2.45) is 5.92 Å². The Kier molecular flexibility index (Phi) is 17.6. The van der Waals surface area contributed by atoms with Crippen molar-refractivity contribution in [2.75, 3.05) is 30.9 Å². The number of alkyl carbamates (subject to hydrolysis) is 1. The highest BCUT2D eigenvalue weighted by Crippen LogP contribution is 2.47. The van der Waals surface area contributed by atoms with Gasteiger partial charge in [-0.25, -0.2) is 9.59 Å². The van der Waals surface area contributed by atoms with Crippen LogP contribution in [0.25, 0.3) is 16.7 Å². The van der Waals surface area contributed by atoms with Gasteiger partial charge in [0.15, 0.2) is 11.9 Å². The maximum Gasteiger partial charge on any atom is 0.412 e. The summed E-state index contributed by atoms with van der Waals surface area (Å²) in [6.45, 7) is 23.4. The van der Waals surface area contributed by atoms with Crippen LogP contribution in [0.5, 0.6) is 11.5 Å². The predicted molar refractivity (Wildman–Crippen MR) is 285 cm³/mol. The van der Waals surface area contributed by atoms with Crippen LogP contribution < -0.4 is 30.4 Å². The van der Waals surface area contributed by atoms with E-state index >= 15 is 0 Å². The first-order valence-corrected chi connectivity index (χ1v) is 27.2. The monoisotopic (exact) mass is 1010 g/mol. The van der Waals surface area contributed by atoms with Gasteiger partial charge in [0.1, 0.15) is 17.6 Å². The maximum atomic E-state index is 14.7. The van der Waals surface area contributed by atoms with Crippen molar-refractivity contribution in [3.05, 3.63) is 113 Å². The van der Waals surface area contributed by atoms with E-state index in [4.69, 9.17) is 18.6 Å². The van der Waals surface area contributed by atoms with E-state index in [9.17, 15) is 29.4 Å². The van der Waals surface area contributed by atoms with Gasteiger partial charge < -0.3 is 49.7 Å². The molecule has 1 heterocycles. The lowest BCUT2D eigenvalue weighted by Crippen LogP contribution is -2.51. The van der Waals surface area contributed by atoms with Gasteiger partial charge in [-0.2, -0.15) is 0 Å². The number of amides is 4. The number of benzene rings is 4. The highest BCUT2D eigenvalue weighted by molar-refractivity contribution is 6.78. The first-order valence-electron chi connectivity index (χ1n) is 25.0. The van der Waals surface area contributed by atoms with Crippen LogP contribution in [0.2, 0.25) is 16.6 Å². The Hall–Kier alpha value is -6.36. The summed E-state index contributed by atoms with van der Waals surface area (Å²) in [4.78, 5) is 56.1. The van der Waals surface area contributed by atoms with Crippen molar-refractivity contribution in [1.82, 2.24) is 15.5 Å². The Labute approximate surface area is 426 Å². The van der Waals surface area contributed by atoms with Gasteiger partial charge in [0.05, 0.1) is 37.1 Å². The molecule has 6 N–H and O–H groups in total. The molecule has 388 valence electrons. The van der Waals surface area contributed by atoms with Crippen LogP contribution in [0.3, 0.4) is 0 Å². The van der Waals surface area contributed by atoms with E-state index in [-0.39, 0.29) is 46.3 Å². The molecule has 0 radical (unpaired) electrons. The molecule has 1 aliphatic heterocycles. The normalized spacial score (nSPS) is 15.9. The minimum atomic E-state index is -2.52. The number of hydrogen-bond donors (Lipinski definition) is 6. The molecule has 0 spiro atoms. The lowest BCUT2D eigenvalue weighted by atomic mass is 9.97. The Morgan fingerprint density at radius 1 is 0.792 bits per heavy atom. The van der Waals surface area contributed by atoms with Crippen LogP contribution in [-0.4, -0.2) is 97.7 Å². The lowest BCUT2D eigenvalue weighted by Gasteiger charge is -2.42. The van der Waals surface area contributed by atoms with Crippen molar-refractivity contribution in [1.29, 1.82) is 0 Å². The minimum absolute atomic E-state index is 0.0610. The minimum Gasteiger partial charge on any atom is -0.540 e. The third-order valence-electron chi connectivity index (χ3n) is 13.7. The largest absolute Gasteiger partial charge is 0.540 e. The molecular weight excluding hydrogens is 931 g/mol. The van der Waals surface area contributed by atoms with Crippen molar-refractivity contribution >= 4 is 49.3 Å². The van der Waals surface area contributed by atoms with Crippen LogP contribution in [0.15, 0.2) is 91.1 Å². The highest BCUT2D eigenvalue weighted by atomic mass is 28.4. The molecule has 0 bridgehead atoms. The van der Waals surface area contributed by atoms with E-state index in [1.807, 2.05) is 36.4 Å². The molecule has 4 aromatic carbocycles. The van der Waals surface area contributed by atoms with E-state index < -0.39 is 62.3 Å². The number of anilines is 2. The third-order valence-corrected chi connectivity index (χ3v) is 19.7. The van der Waals surface area contributed by atoms with Crippen LogP contribution in [0, 0.1) is 5.92 Å². The van der Waals surface area contributed by atoms with E-state index in [1.165, 1.54) is 12.0 Å². The SMILES string of the molecule is COc1cc(C(=O)N2C=C(c3ccc(N[C@@H](O)[C@H](C)NC(=O)[C@@H](OC(=O)NCC4c5ccccc5-c5ccccc54)C(C)C)cc3)C[C@H]2CO)c(NC(=O)OC(C)(C)C)cc1O[Si](C(C)C)(C(C)C)C(C)C. The number of nitrogens with one attached hydrogen (secondary N) is 4. The molecule has 6 rings (SSSR count). The molecule has 0 fully saturated rings. The molecule has 72 heavy (non-hydrogen) atoms. The Morgan fingerprint density at radius 2 is 1.38 bits per heavy atom.